The number of aliphatic hydroxyl groups is 1. The molecular weight excluding hydrogens is 406 g/mol. The largest absolute Gasteiger partial charge is 0.505 e. The van der Waals surface area contributed by atoms with E-state index in [4.69, 9.17) is 0 Å². The van der Waals surface area contributed by atoms with Gasteiger partial charge in [0.15, 0.2) is 5.76 Å². The van der Waals surface area contributed by atoms with Gasteiger partial charge in [-0.25, -0.2) is 4.98 Å². The molecule has 1 N–H and O–H groups in total. The van der Waals surface area contributed by atoms with Crippen LogP contribution in [0.5, 0.6) is 0 Å². The third kappa shape index (κ3) is 3.67. The summed E-state index contributed by atoms with van der Waals surface area (Å²) >= 11 is 0. The number of amides is 1. The van der Waals surface area contributed by atoms with E-state index in [1.54, 1.807) is 36.0 Å². The highest BCUT2D eigenvalue weighted by Crippen LogP contribution is 2.39. The van der Waals surface area contributed by atoms with Crippen molar-refractivity contribution in [2.75, 3.05) is 27.2 Å². The molecule has 1 atom stereocenters. The van der Waals surface area contributed by atoms with Gasteiger partial charge in [-0.3, -0.25) is 19.0 Å². The topological polar surface area (TPSA) is 91.0 Å². The van der Waals surface area contributed by atoms with Gasteiger partial charge in [0.05, 0.1) is 17.3 Å². The van der Waals surface area contributed by atoms with Gasteiger partial charge in [-0.05, 0) is 64.2 Å². The molecule has 1 amide bonds. The molecule has 3 aromatic heterocycles. The van der Waals surface area contributed by atoms with Gasteiger partial charge in [0.1, 0.15) is 11.3 Å². The number of nitrogens with zero attached hydrogens (tertiary/aromatic N) is 5. The second-order valence-corrected chi connectivity index (χ2v) is 8.37. The first-order valence-electron chi connectivity index (χ1n) is 10.6. The van der Waals surface area contributed by atoms with Crippen molar-refractivity contribution < 1.29 is 14.7 Å². The zero-order valence-electron chi connectivity index (χ0n) is 18.7. The van der Waals surface area contributed by atoms with Crippen LogP contribution in [0.2, 0.25) is 0 Å². The Kier molecular flexibility index (Phi) is 5.80. The van der Waals surface area contributed by atoms with Crippen LogP contribution >= 0.6 is 0 Å². The minimum atomic E-state index is -0.708. The first kappa shape index (κ1) is 21.7. The monoisotopic (exact) mass is 433 g/mol. The number of rotatable bonds is 6. The molecule has 1 fully saturated rings. The molecular formula is C24H27N5O3. The molecule has 0 aliphatic carbocycles. The maximum atomic E-state index is 13.2. The number of pyridine rings is 2. The molecule has 3 aromatic rings. The number of aryl methyl sites for hydroxylation is 2. The van der Waals surface area contributed by atoms with Crippen molar-refractivity contribution in [1.82, 2.24) is 24.2 Å². The molecule has 1 saturated heterocycles. The molecule has 166 valence electrons. The lowest BCUT2D eigenvalue weighted by Crippen LogP contribution is -2.32. The second kappa shape index (κ2) is 8.55. The van der Waals surface area contributed by atoms with Crippen LogP contribution in [0.3, 0.4) is 0 Å². The van der Waals surface area contributed by atoms with Crippen LogP contribution in [0.4, 0.5) is 0 Å². The third-order valence-corrected chi connectivity index (χ3v) is 5.79. The van der Waals surface area contributed by atoms with Crippen LogP contribution in [0.1, 0.15) is 35.0 Å². The van der Waals surface area contributed by atoms with Gasteiger partial charge in [0, 0.05) is 25.1 Å². The van der Waals surface area contributed by atoms with Crippen LogP contribution < -0.4 is 0 Å². The minimum absolute atomic E-state index is 0.0688. The molecule has 0 bridgehead atoms. The predicted octanol–water partition coefficient (Wildman–Crippen LogP) is 2.72. The van der Waals surface area contributed by atoms with Crippen molar-refractivity contribution in [2.24, 2.45) is 0 Å². The number of Topliss-reactive ketones (excluding diaryl/α,β-unsaturated/α-hetero) is 1. The highest BCUT2D eigenvalue weighted by atomic mass is 16.3. The summed E-state index contributed by atoms with van der Waals surface area (Å²) in [7, 11) is 3.92. The molecule has 0 unspecified atom stereocenters. The summed E-state index contributed by atoms with van der Waals surface area (Å²) in [4.78, 5) is 38.5. The molecule has 32 heavy (non-hydrogen) atoms. The van der Waals surface area contributed by atoms with E-state index in [1.807, 2.05) is 44.1 Å². The molecule has 8 nitrogen and oxygen atoms in total. The molecule has 1 aliphatic heterocycles. The van der Waals surface area contributed by atoms with Gasteiger partial charge in [0.25, 0.3) is 11.7 Å². The lowest BCUT2D eigenvalue weighted by molar-refractivity contribution is -0.139. The van der Waals surface area contributed by atoms with E-state index < -0.39 is 17.7 Å². The minimum Gasteiger partial charge on any atom is -0.505 e. The molecule has 4 rings (SSSR count). The Labute approximate surface area is 186 Å². The Morgan fingerprint density at radius 2 is 1.97 bits per heavy atom. The normalized spacial score (nSPS) is 18.3. The fourth-order valence-electron chi connectivity index (χ4n) is 4.28. The van der Waals surface area contributed by atoms with Crippen molar-refractivity contribution in [1.29, 1.82) is 0 Å². The number of ketones is 1. The van der Waals surface area contributed by atoms with Gasteiger partial charge >= 0.3 is 0 Å². The summed E-state index contributed by atoms with van der Waals surface area (Å²) in [6.07, 6.45) is 5.77. The van der Waals surface area contributed by atoms with Crippen molar-refractivity contribution in [2.45, 2.75) is 26.3 Å². The summed E-state index contributed by atoms with van der Waals surface area (Å²) in [5.41, 5.74) is 3.40. The average molecular weight is 434 g/mol. The standard InChI is InChI=1S/C24H27N5O3/c1-15-8-6-12-28-19(16(2)26-23(15)28)21(30)18-20(17-9-5-10-25-14-17)29(24(32)22(18)31)13-7-11-27(3)4/h5-6,8-10,12,14,20,30H,7,11,13H2,1-4H3/b21-18+/t20-/m0/s1. The Bertz CT molecular complexity index is 1210. The Hall–Kier alpha value is -3.52. The first-order chi connectivity index (χ1) is 15.3. The number of carbonyl (C=O) groups is 2. The number of imidazole rings is 1. The van der Waals surface area contributed by atoms with E-state index in [2.05, 4.69) is 9.97 Å². The van der Waals surface area contributed by atoms with Gasteiger partial charge < -0.3 is 14.9 Å². The lowest BCUT2D eigenvalue weighted by Gasteiger charge is -2.25. The van der Waals surface area contributed by atoms with Crippen LogP contribution in [0.15, 0.2) is 48.4 Å². The van der Waals surface area contributed by atoms with E-state index in [1.165, 1.54) is 4.90 Å². The summed E-state index contributed by atoms with van der Waals surface area (Å²) in [6.45, 7) is 4.89. The highest BCUT2D eigenvalue weighted by molar-refractivity contribution is 6.46. The molecule has 0 radical (unpaired) electrons. The predicted molar refractivity (Wildman–Crippen MR) is 121 cm³/mol. The molecule has 1 aliphatic rings. The number of likely N-dealkylation sites (tertiary alicyclic amines) is 1. The van der Waals surface area contributed by atoms with E-state index in [0.29, 0.717) is 35.6 Å². The van der Waals surface area contributed by atoms with Gasteiger partial charge in [-0.15, -0.1) is 0 Å². The number of fused-ring (bicyclic) bond motifs is 1. The van der Waals surface area contributed by atoms with Crippen LogP contribution in [0, 0.1) is 13.8 Å². The molecule has 4 heterocycles. The maximum absolute atomic E-state index is 13.2. The van der Waals surface area contributed by atoms with Gasteiger partial charge in [-0.1, -0.05) is 12.1 Å². The molecule has 0 saturated carbocycles. The number of hydrogen-bond donors (Lipinski definition) is 1. The summed E-state index contributed by atoms with van der Waals surface area (Å²) in [6, 6.07) is 6.67. The van der Waals surface area contributed by atoms with Crippen molar-refractivity contribution in [3.8, 4) is 0 Å². The van der Waals surface area contributed by atoms with Crippen molar-refractivity contribution in [3.05, 3.63) is 70.9 Å². The number of hydrogen-bond acceptors (Lipinski definition) is 6. The summed E-state index contributed by atoms with van der Waals surface area (Å²) in [5, 5.41) is 11.4. The number of carbonyl (C=O) groups excluding carboxylic acids is 2. The van der Waals surface area contributed by atoms with E-state index >= 15 is 0 Å². The Morgan fingerprint density at radius 3 is 2.66 bits per heavy atom. The van der Waals surface area contributed by atoms with E-state index in [9.17, 15) is 14.7 Å². The lowest BCUT2D eigenvalue weighted by atomic mass is 9.97. The van der Waals surface area contributed by atoms with Crippen molar-refractivity contribution in [3.63, 3.8) is 0 Å². The first-order valence-corrected chi connectivity index (χ1v) is 10.6. The summed E-state index contributed by atoms with van der Waals surface area (Å²) < 4.78 is 1.76. The fourth-order valence-corrected chi connectivity index (χ4v) is 4.28. The maximum Gasteiger partial charge on any atom is 0.295 e. The average Bonchev–Trinajstić information content (AvgIpc) is 3.23. The van der Waals surface area contributed by atoms with Crippen molar-refractivity contribution >= 4 is 23.1 Å². The van der Waals surface area contributed by atoms with Gasteiger partial charge in [0.2, 0.25) is 0 Å². The molecule has 8 heteroatoms. The highest BCUT2D eigenvalue weighted by Gasteiger charge is 2.46. The second-order valence-electron chi connectivity index (χ2n) is 8.37. The zero-order chi connectivity index (χ0) is 23.0. The van der Waals surface area contributed by atoms with Crippen LogP contribution in [0.25, 0.3) is 11.4 Å². The van der Waals surface area contributed by atoms with Gasteiger partial charge in [-0.2, -0.15) is 0 Å². The summed E-state index contributed by atoms with van der Waals surface area (Å²) in [5.74, 6) is -1.52. The zero-order valence-corrected chi connectivity index (χ0v) is 18.7. The quantitative estimate of drug-likeness (QED) is 0.365. The van der Waals surface area contributed by atoms with E-state index in [0.717, 1.165) is 12.1 Å². The molecule has 0 aromatic carbocycles. The van der Waals surface area contributed by atoms with E-state index in [-0.39, 0.29) is 11.3 Å². The molecule has 0 spiro atoms. The third-order valence-electron chi connectivity index (χ3n) is 5.79. The Balaban J connectivity index is 1.88. The smallest absolute Gasteiger partial charge is 0.295 e. The number of aliphatic hydroxyl groups excluding tert-OH is 1. The fraction of sp³-hybridized carbons (Fsp3) is 0.333. The number of aromatic nitrogens is 3. The van der Waals surface area contributed by atoms with Crippen LogP contribution in [-0.2, 0) is 9.59 Å². The SMILES string of the molecule is Cc1nc2c(C)cccn2c1/C(O)=C1\C(=O)C(=O)N(CCCN(C)C)[C@H]1c1cccnc1. The Morgan fingerprint density at radius 1 is 1.19 bits per heavy atom. The van der Waals surface area contributed by atoms with Crippen LogP contribution in [-0.4, -0.2) is 68.2 Å².